The van der Waals surface area contributed by atoms with Crippen molar-refractivity contribution >= 4 is 30.3 Å². The van der Waals surface area contributed by atoms with Crippen LogP contribution in [0.5, 0.6) is 0 Å². The van der Waals surface area contributed by atoms with Crippen molar-refractivity contribution in [1.82, 2.24) is 4.98 Å². The fourth-order valence-electron chi connectivity index (χ4n) is 0.939. The van der Waals surface area contributed by atoms with Crippen molar-refractivity contribution in [3.05, 3.63) is 23.0 Å². The molecule has 0 atom stereocenters. The van der Waals surface area contributed by atoms with Gasteiger partial charge in [-0.15, -0.1) is 0 Å². The topological polar surface area (TPSA) is 39.2 Å². The molecule has 0 saturated carbocycles. The predicted molar refractivity (Wildman–Crippen MR) is 51.8 cm³/mol. The van der Waals surface area contributed by atoms with Crippen molar-refractivity contribution in [3.8, 4) is 0 Å². The van der Waals surface area contributed by atoms with Gasteiger partial charge in [-0.1, -0.05) is 30.0 Å². The maximum absolute atomic E-state index is 11.2. The smallest absolute Gasteiger partial charge is 0.356 e. The lowest BCUT2D eigenvalue weighted by atomic mass is 9.72. The van der Waals surface area contributed by atoms with Gasteiger partial charge in [0.05, 0.1) is 7.11 Å². The summed E-state index contributed by atoms with van der Waals surface area (Å²) >= 11 is 5.64. The Labute approximate surface area is 82.3 Å². The number of hydrogen-bond acceptors (Lipinski definition) is 3. The standard InChI is InChI=1S/C8H8BClNO2/c1-9-5-3-4-6(10)11-7(5)8(12)13-2/h3-4H,1-2H3. The van der Waals surface area contributed by atoms with Gasteiger partial charge in [0.1, 0.15) is 10.8 Å². The summed E-state index contributed by atoms with van der Waals surface area (Å²) in [6.07, 6.45) is 0. The third kappa shape index (κ3) is 2.22. The highest BCUT2D eigenvalue weighted by Gasteiger charge is 2.12. The first-order valence-corrected chi connectivity index (χ1v) is 4.11. The zero-order chi connectivity index (χ0) is 9.84. The molecule has 0 unspecified atom stereocenters. The second-order valence-corrected chi connectivity index (χ2v) is 2.74. The maximum Gasteiger partial charge on any atom is 0.356 e. The van der Waals surface area contributed by atoms with Crippen LogP contribution in [0.1, 0.15) is 10.5 Å². The molecule has 1 rings (SSSR count). The van der Waals surface area contributed by atoms with Crippen molar-refractivity contribution in [2.24, 2.45) is 0 Å². The molecule has 0 N–H and O–H groups in total. The van der Waals surface area contributed by atoms with Crippen LogP contribution in [0.25, 0.3) is 0 Å². The van der Waals surface area contributed by atoms with Crippen LogP contribution in [-0.2, 0) is 4.74 Å². The average Bonchev–Trinajstić information content (AvgIpc) is 2.16. The van der Waals surface area contributed by atoms with Gasteiger partial charge in [0.2, 0.25) is 0 Å². The minimum Gasteiger partial charge on any atom is -0.464 e. The van der Waals surface area contributed by atoms with Crippen molar-refractivity contribution < 1.29 is 9.53 Å². The Hall–Kier alpha value is -1.03. The molecule has 1 heterocycles. The molecule has 5 heteroatoms. The van der Waals surface area contributed by atoms with E-state index >= 15 is 0 Å². The van der Waals surface area contributed by atoms with E-state index < -0.39 is 5.97 Å². The first-order valence-electron chi connectivity index (χ1n) is 3.73. The fourth-order valence-corrected chi connectivity index (χ4v) is 1.09. The monoisotopic (exact) mass is 196 g/mol. The van der Waals surface area contributed by atoms with Crippen LogP contribution in [-0.4, -0.2) is 25.3 Å². The van der Waals surface area contributed by atoms with Gasteiger partial charge < -0.3 is 4.74 Å². The summed E-state index contributed by atoms with van der Waals surface area (Å²) in [5, 5.41) is 0.283. The van der Waals surface area contributed by atoms with Crippen LogP contribution in [0.15, 0.2) is 12.1 Å². The first-order chi connectivity index (χ1) is 6.19. The molecular formula is C8H8BClNO2. The van der Waals surface area contributed by atoms with E-state index in [4.69, 9.17) is 11.6 Å². The second kappa shape index (κ2) is 4.28. The lowest BCUT2D eigenvalue weighted by Gasteiger charge is -2.03. The van der Waals surface area contributed by atoms with Crippen LogP contribution < -0.4 is 5.46 Å². The molecule has 0 aromatic carbocycles. The highest BCUT2D eigenvalue weighted by Crippen LogP contribution is 2.04. The molecule has 0 spiro atoms. The number of aromatic nitrogens is 1. The molecule has 0 aliphatic heterocycles. The number of esters is 1. The Morgan fingerprint density at radius 1 is 1.62 bits per heavy atom. The molecule has 1 aromatic rings. The van der Waals surface area contributed by atoms with Crippen molar-refractivity contribution in [3.63, 3.8) is 0 Å². The predicted octanol–water partition coefficient (Wildman–Crippen LogP) is 0.899. The van der Waals surface area contributed by atoms with Gasteiger partial charge in [0.25, 0.3) is 0 Å². The van der Waals surface area contributed by atoms with E-state index in [9.17, 15) is 4.79 Å². The minimum absolute atomic E-state index is 0.248. The molecule has 13 heavy (non-hydrogen) atoms. The fraction of sp³-hybridized carbons (Fsp3) is 0.250. The van der Waals surface area contributed by atoms with Crippen LogP contribution in [0, 0.1) is 0 Å². The van der Waals surface area contributed by atoms with Gasteiger partial charge in [0.15, 0.2) is 7.28 Å². The molecule has 3 nitrogen and oxygen atoms in total. The van der Waals surface area contributed by atoms with Crippen molar-refractivity contribution in [2.45, 2.75) is 6.82 Å². The van der Waals surface area contributed by atoms with Crippen LogP contribution >= 0.6 is 11.6 Å². The summed E-state index contributed by atoms with van der Waals surface area (Å²) in [7, 11) is 3.08. The molecule has 1 radical (unpaired) electrons. The number of halogens is 1. The summed E-state index contributed by atoms with van der Waals surface area (Å²) in [6, 6.07) is 3.35. The van der Waals surface area contributed by atoms with Gasteiger partial charge in [-0.3, -0.25) is 0 Å². The van der Waals surface area contributed by atoms with Crippen LogP contribution in [0.3, 0.4) is 0 Å². The minimum atomic E-state index is -0.476. The Morgan fingerprint density at radius 2 is 2.31 bits per heavy atom. The Morgan fingerprint density at radius 3 is 2.85 bits per heavy atom. The molecule has 0 saturated heterocycles. The molecule has 0 bridgehead atoms. The lowest BCUT2D eigenvalue weighted by molar-refractivity contribution is 0.0596. The zero-order valence-electron chi connectivity index (χ0n) is 7.37. The van der Waals surface area contributed by atoms with E-state index in [1.165, 1.54) is 7.11 Å². The quantitative estimate of drug-likeness (QED) is 0.401. The normalized spacial score (nSPS) is 9.46. The van der Waals surface area contributed by atoms with Gasteiger partial charge in [-0.25, -0.2) is 9.78 Å². The number of ether oxygens (including phenoxy) is 1. The summed E-state index contributed by atoms with van der Waals surface area (Å²) in [6.45, 7) is 1.82. The van der Waals surface area contributed by atoms with E-state index in [-0.39, 0.29) is 10.8 Å². The van der Waals surface area contributed by atoms with Crippen LogP contribution in [0.4, 0.5) is 0 Å². The van der Waals surface area contributed by atoms with Gasteiger partial charge >= 0.3 is 5.97 Å². The lowest BCUT2D eigenvalue weighted by Crippen LogP contribution is -2.23. The Kier molecular flexibility index (Phi) is 3.31. The van der Waals surface area contributed by atoms with Crippen LogP contribution in [0.2, 0.25) is 12.0 Å². The summed E-state index contributed by atoms with van der Waals surface area (Å²) in [5.41, 5.74) is 0.966. The van der Waals surface area contributed by atoms with E-state index in [1.54, 1.807) is 19.4 Å². The molecule has 67 valence electrons. The van der Waals surface area contributed by atoms with Crippen molar-refractivity contribution in [2.75, 3.05) is 7.11 Å². The molecule has 0 aliphatic rings. The van der Waals surface area contributed by atoms with Gasteiger partial charge in [0, 0.05) is 0 Å². The second-order valence-electron chi connectivity index (χ2n) is 2.35. The average molecular weight is 196 g/mol. The highest BCUT2D eigenvalue weighted by molar-refractivity contribution is 6.53. The molecule has 0 fully saturated rings. The molecule has 0 amide bonds. The Bertz CT molecular complexity index is 330. The van der Waals surface area contributed by atoms with Crippen molar-refractivity contribution in [1.29, 1.82) is 0 Å². The van der Waals surface area contributed by atoms with E-state index in [2.05, 4.69) is 9.72 Å². The molecule has 1 aromatic heterocycles. The highest BCUT2D eigenvalue weighted by atomic mass is 35.5. The SMILES string of the molecule is C[B]c1ccc(Cl)nc1C(=O)OC. The number of carbonyl (C=O) groups excluding carboxylic acids is 1. The summed E-state index contributed by atoms with van der Waals surface area (Å²) in [4.78, 5) is 15.1. The van der Waals surface area contributed by atoms with Gasteiger partial charge in [-0.2, -0.15) is 0 Å². The largest absolute Gasteiger partial charge is 0.464 e. The number of hydrogen-bond donors (Lipinski definition) is 0. The van der Waals surface area contributed by atoms with E-state index in [0.29, 0.717) is 0 Å². The number of carbonyl (C=O) groups is 1. The zero-order valence-corrected chi connectivity index (χ0v) is 8.13. The first kappa shape index (κ1) is 10.1. The van der Waals surface area contributed by atoms with E-state index in [0.717, 1.165) is 5.46 Å². The molecule has 0 aliphatic carbocycles. The summed E-state index contributed by atoms with van der Waals surface area (Å²) < 4.78 is 4.55. The third-order valence-corrected chi connectivity index (χ3v) is 1.79. The van der Waals surface area contributed by atoms with Gasteiger partial charge in [-0.05, 0) is 6.07 Å². The number of nitrogens with zero attached hydrogens (tertiary/aromatic N) is 1. The number of methoxy groups -OCH3 is 1. The Balaban J connectivity index is 3.15. The van der Waals surface area contributed by atoms with E-state index in [1.807, 2.05) is 6.82 Å². The summed E-state index contributed by atoms with van der Waals surface area (Å²) in [5.74, 6) is -0.476. The number of pyridine rings is 1. The third-order valence-electron chi connectivity index (χ3n) is 1.58. The maximum atomic E-state index is 11.2. The number of rotatable bonds is 2. The molecular weight excluding hydrogens is 188 g/mol.